The first-order valence-corrected chi connectivity index (χ1v) is 4.59. The molecule has 0 spiro atoms. The van der Waals surface area contributed by atoms with Crippen LogP contribution in [0.3, 0.4) is 0 Å². The monoisotopic (exact) mass is 209 g/mol. The van der Waals surface area contributed by atoms with Crippen LogP contribution >= 0.6 is 0 Å². The van der Waals surface area contributed by atoms with E-state index in [-0.39, 0.29) is 19.3 Å². The van der Waals surface area contributed by atoms with Crippen LogP contribution in [0.25, 0.3) is 0 Å². The Kier molecular flexibility index (Phi) is 2.47. The van der Waals surface area contributed by atoms with E-state index < -0.39 is 5.97 Å². The summed E-state index contributed by atoms with van der Waals surface area (Å²) >= 11 is 0. The highest BCUT2D eigenvalue weighted by molar-refractivity contribution is 5.65. The van der Waals surface area contributed by atoms with Crippen molar-refractivity contribution < 1.29 is 25.1 Å². The molecule has 0 aliphatic carbocycles. The van der Waals surface area contributed by atoms with Gasteiger partial charge in [0.05, 0.1) is 0 Å². The molecule has 0 aromatic heterocycles. The van der Waals surface area contributed by atoms with Crippen LogP contribution in [0.4, 0.5) is 0 Å². The number of benzene rings is 1. The zero-order chi connectivity index (χ0) is 10.8. The second-order valence-corrected chi connectivity index (χ2v) is 3.39. The van der Waals surface area contributed by atoms with E-state index in [1.165, 1.54) is 0 Å². The number of carbonyl (C=O) groups is 1. The Balaban J connectivity index is 2.19. The van der Waals surface area contributed by atoms with E-state index in [0.717, 1.165) is 5.56 Å². The van der Waals surface area contributed by atoms with E-state index in [4.69, 9.17) is 9.47 Å². The van der Waals surface area contributed by atoms with Gasteiger partial charge in [0.1, 0.15) is 6.04 Å². The molecule has 0 bridgehead atoms. The van der Waals surface area contributed by atoms with Crippen molar-refractivity contribution in [2.75, 3.05) is 6.79 Å². The van der Waals surface area contributed by atoms with Crippen molar-refractivity contribution in [2.45, 2.75) is 12.5 Å². The van der Waals surface area contributed by atoms with E-state index >= 15 is 0 Å². The fourth-order valence-corrected chi connectivity index (χ4v) is 1.49. The zero-order valence-corrected chi connectivity index (χ0v) is 8.06. The Morgan fingerprint density at radius 3 is 2.93 bits per heavy atom. The third kappa shape index (κ3) is 2.02. The molecule has 0 amide bonds. The molecular weight excluding hydrogens is 198 g/mol. The average Bonchev–Trinajstić information content (AvgIpc) is 2.62. The second kappa shape index (κ2) is 3.78. The Morgan fingerprint density at radius 2 is 2.20 bits per heavy atom. The number of fused-ring (bicyclic) bond motifs is 1. The summed E-state index contributed by atoms with van der Waals surface area (Å²) in [5.74, 6) is 0.214. The molecular formula is C10H11NO4. The van der Waals surface area contributed by atoms with Gasteiger partial charge in [-0.05, 0) is 18.2 Å². The minimum absolute atomic E-state index is 0.0976. The number of carboxylic acids is 1. The first-order valence-electron chi connectivity index (χ1n) is 4.59. The molecule has 1 heterocycles. The van der Waals surface area contributed by atoms with Crippen LogP contribution in [0.1, 0.15) is 18.0 Å². The Hall–Kier alpha value is -1.75. The lowest BCUT2D eigenvalue weighted by Gasteiger charge is -2.09. The topological polar surface area (TPSA) is 86.2 Å². The predicted molar refractivity (Wildman–Crippen MR) is 47.8 cm³/mol. The maximum Gasteiger partial charge on any atom is 0.231 e. The number of carboxylic acid groups (broad SMARTS) is 1. The Bertz CT molecular complexity index is 391. The molecule has 1 atom stereocenters. The van der Waals surface area contributed by atoms with Crippen molar-refractivity contribution in [2.24, 2.45) is 0 Å². The molecule has 0 saturated carbocycles. The summed E-state index contributed by atoms with van der Waals surface area (Å²) in [5, 5.41) is 10.4. The number of aliphatic carboxylic acids is 1. The number of ether oxygens (including phenoxy) is 2. The van der Waals surface area contributed by atoms with Crippen molar-refractivity contribution in [1.29, 1.82) is 0 Å². The molecule has 0 saturated heterocycles. The van der Waals surface area contributed by atoms with Gasteiger partial charge in [0.2, 0.25) is 6.79 Å². The van der Waals surface area contributed by atoms with Gasteiger partial charge in [-0.3, -0.25) is 0 Å². The van der Waals surface area contributed by atoms with Crippen molar-refractivity contribution in [3.05, 3.63) is 23.8 Å². The summed E-state index contributed by atoms with van der Waals surface area (Å²) < 4.78 is 10.3. The van der Waals surface area contributed by atoms with Gasteiger partial charge in [0.15, 0.2) is 11.5 Å². The molecule has 3 N–H and O–H groups in total. The Morgan fingerprint density at radius 1 is 1.47 bits per heavy atom. The van der Waals surface area contributed by atoms with Crippen LogP contribution in [0.5, 0.6) is 11.5 Å². The molecule has 0 unspecified atom stereocenters. The number of quaternary nitrogens is 1. The van der Waals surface area contributed by atoms with Crippen LogP contribution in [0.2, 0.25) is 0 Å². The van der Waals surface area contributed by atoms with Crippen LogP contribution < -0.4 is 20.3 Å². The molecule has 2 rings (SSSR count). The molecule has 0 fully saturated rings. The molecule has 1 aromatic carbocycles. The van der Waals surface area contributed by atoms with Gasteiger partial charge in [0.25, 0.3) is 0 Å². The first kappa shape index (κ1) is 9.79. The quantitative estimate of drug-likeness (QED) is 0.680. The van der Waals surface area contributed by atoms with Crippen molar-refractivity contribution >= 4 is 5.97 Å². The normalized spacial score (nSPS) is 15.0. The number of carbonyl (C=O) groups excluding carboxylic acids is 1. The molecule has 1 aromatic rings. The summed E-state index contributed by atoms with van der Waals surface area (Å²) in [7, 11) is 0. The smallest absolute Gasteiger partial charge is 0.231 e. The molecule has 80 valence electrons. The van der Waals surface area contributed by atoms with Crippen molar-refractivity contribution in [1.82, 2.24) is 0 Å². The molecule has 5 nitrogen and oxygen atoms in total. The fraction of sp³-hybridized carbons (Fsp3) is 0.300. The summed E-state index contributed by atoms with van der Waals surface area (Å²) in [6.45, 7) is 0.209. The lowest BCUT2D eigenvalue weighted by atomic mass is 10.0. The standard InChI is InChI=1S/C10H11NO4/c11-7(4-10(12)13)6-1-2-8-9(3-6)15-5-14-8/h1-3,7H,4-5,11H2,(H,12,13)/t7-/m0/s1. The van der Waals surface area contributed by atoms with E-state index in [9.17, 15) is 9.90 Å². The Labute approximate surface area is 86.4 Å². The third-order valence-electron chi connectivity index (χ3n) is 2.28. The van der Waals surface area contributed by atoms with Crippen LogP contribution in [0, 0.1) is 0 Å². The van der Waals surface area contributed by atoms with Crippen molar-refractivity contribution in [3.63, 3.8) is 0 Å². The van der Waals surface area contributed by atoms with E-state index in [1.54, 1.807) is 18.2 Å². The van der Waals surface area contributed by atoms with E-state index in [0.29, 0.717) is 11.5 Å². The SMILES string of the molecule is [NH3+][C@@H](CC(=O)[O-])c1ccc2c(c1)OCO2. The third-order valence-corrected chi connectivity index (χ3v) is 2.28. The summed E-state index contributed by atoms with van der Waals surface area (Å²) in [6.07, 6.45) is -0.0976. The molecule has 1 aliphatic heterocycles. The number of hydrogen-bond acceptors (Lipinski definition) is 4. The van der Waals surface area contributed by atoms with Gasteiger partial charge in [-0.25, -0.2) is 0 Å². The van der Waals surface area contributed by atoms with Gasteiger partial charge in [-0.15, -0.1) is 0 Å². The summed E-state index contributed by atoms with van der Waals surface area (Å²) in [5.41, 5.74) is 4.57. The van der Waals surface area contributed by atoms with E-state index in [1.807, 2.05) is 0 Å². The van der Waals surface area contributed by atoms with Crippen LogP contribution in [-0.4, -0.2) is 12.8 Å². The maximum absolute atomic E-state index is 10.4. The van der Waals surface area contributed by atoms with Gasteiger partial charge < -0.3 is 25.1 Å². The fourth-order valence-electron chi connectivity index (χ4n) is 1.49. The molecule has 15 heavy (non-hydrogen) atoms. The van der Waals surface area contributed by atoms with Gasteiger partial charge in [-0.1, -0.05) is 0 Å². The lowest BCUT2D eigenvalue weighted by molar-refractivity contribution is -0.430. The zero-order valence-electron chi connectivity index (χ0n) is 8.06. The minimum atomic E-state index is -1.10. The molecule has 5 heteroatoms. The van der Waals surface area contributed by atoms with Gasteiger partial charge in [0, 0.05) is 18.0 Å². The van der Waals surface area contributed by atoms with Crippen LogP contribution in [-0.2, 0) is 4.79 Å². The lowest BCUT2D eigenvalue weighted by Crippen LogP contribution is -2.55. The predicted octanol–water partition coefficient (Wildman–Crippen LogP) is -1.16. The largest absolute Gasteiger partial charge is 0.550 e. The molecule has 0 radical (unpaired) electrons. The van der Waals surface area contributed by atoms with Gasteiger partial charge >= 0.3 is 0 Å². The summed E-state index contributed by atoms with van der Waals surface area (Å²) in [4.78, 5) is 10.4. The van der Waals surface area contributed by atoms with E-state index in [2.05, 4.69) is 5.73 Å². The minimum Gasteiger partial charge on any atom is -0.550 e. The van der Waals surface area contributed by atoms with Crippen LogP contribution in [0.15, 0.2) is 18.2 Å². The maximum atomic E-state index is 10.4. The summed E-state index contributed by atoms with van der Waals surface area (Å²) in [6, 6.07) is 4.96. The number of hydrogen-bond donors (Lipinski definition) is 1. The first-order chi connectivity index (χ1) is 7.16. The highest BCUT2D eigenvalue weighted by Crippen LogP contribution is 2.33. The number of rotatable bonds is 3. The highest BCUT2D eigenvalue weighted by Gasteiger charge is 2.17. The highest BCUT2D eigenvalue weighted by atomic mass is 16.7. The second-order valence-electron chi connectivity index (χ2n) is 3.39. The van der Waals surface area contributed by atoms with Gasteiger partial charge in [-0.2, -0.15) is 0 Å². The average molecular weight is 209 g/mol. The molecule has 1 aliphatic rings. The van der Waals surface area contributed by atoms with Crippen molar-refractivity contribution in [3.8, 4) is 11.5 Å².